The van der Waals surface area contributed by atoms with Crippen LogP contribution in [0.3, 0.4) is 0 Å². The fourth-order valence-corrected chi connectivity index (χ4v) is 4.28. The van der Waals surface area contributed by atoms with Crippen molar-refractivity contribution in [1.82, 2.24) is 4.90 Å². The van der Waals surface area contributed by atoms with Crippen LogP contribution in [0.25, 0.3) is 11.1 Å². The summed E-state index contributed by atoms with van der Waals surface area (Å²) in [7, 11) is 0. The molecule has 0 aliphatic carbocycles. The zero-order valence-electron chi connectivity index (χ0n) is 19.7. The van der Waals surface area contributed by atoms with Gasteiger partial charge in [-0.15, -0.1) is 0 Å². The topological polar surface area (TPSA) is 55.8 Å². The molecule has 3 aromatic rings. The molecule has 4 rings (SSSR count). The van der Waals surface area contributed by atoms with E-state index in [1.165, 1.54) is 4.90 Å². The van der Waals surface area contributed by atoms with Gasteiger partial charge in [0.05, 0.1) is 24.3 Å². The summed E-state index contributed by atoms with van der Waals surface area (Å²) in [5.74, 6) is 1.40. The number of unbranched alkanes of at least 4 members (excludes halogenated alkanes) is 4. The Kier molecular flexibility index (Phi) is 7.97. The molecule has 5 heteroatoms. The number of carbonyl (C=O) groups is 2. The molecule has 1 aliphatic rings. The molecule has 0 spiro atoms. The van der Waals surface area contributed by atoms with Gasteiger partial charge in [-0.05, 0) is 55.7 Å². The van der Waals surface area contributed by atoms with Crippen LogP contribution < -0.4 is 9.47 Å². The van der Waals surface area contributed by atoms with E-state index in [1.807, 2.05) is 43.3 Å². The highest BCUT2D eigenvalue weighted by molar-refractivity contribution is 6.21. The van der Waals surface area contributed by atoms with E-state index in [1.54, 1.807) is 24.3 Å². The summed E-state index contributed by atoms with van der Waals surface area (Å²) in [6.45, 7) is 3.76. The van der Waals surface area contributed by atoms with E-state index >= 15 is 0 Å². The Hall–Kier alpha value is -3.60. The van der Waals surface area contributed by atoms with Crippen LogP contribution in [-0.2, 0) is 0 Å². The molecule has 0 saturated carbocycles. The Labute approximate surface area is 201 Å². The smallest absolute Gasteiger partial charge is 0.261 e. The molecule has 34 heavy (non-hydrogen) atoms. The third-order valence-electron chi connectivity index (χ3n) is 6.00. The molecule has 0 radical (unpaired) electrons. The molecule has 0 fully saturated rings. The lowest BCUT2D eigenvalue weighted by Gasteiger charge is -2.14. The van der Waals surface area contributed by atoms with Crippen LogP contribution in [0.5, 0.6) is 11.5 Å². The molecule has 0 aromatic heterocycles. The van der Waals surface area contributed by atoms with Gasteiger partial charge < -0.3 is 9.47 Å². The van der Waals surface area contributed by atoms with Crippen molar-refractivity contribution in [3.63, 3.8) is 0 Å². The molecular formula is C29H31NO4. The zero-order chi connectivity index (χ0) is 23.8. The number of amides is 2. The first-order valence-electron chi connectivity index (χ1n) is 12.1. The van der Waals surface area contributed by atoms with Crippen LogP contribution in [0.2, 0.25) is 0 Å². The van der Waals surface area contributed by atoms with E-state index in [-0.39, 0.29) is 11.8 Å². The van der Waals surface area contributed by atoms with E-state index in [0.717, 1.165) is 54.7 Å². The van der Waals surface area contributed by atoms with Crippen molar-refractivity contribution in [2.45, 2.75) is 39.0 Å². The van der Waals surface area contributed by atoms with Gasteiger partial charge in [-0.25, -0.2) is 0 Å². The molecule has 1 aliphatic heterocycles. The number of fused-ring (bicyclic) bond motifs is 1. The molecule has 0 N–H and O–H groups in total. The predicted octanol–water partition coefficient (Wildman–Crippen LogP) is 6.38. The molecule has 0 saturated heterocycles. The Balaban J connectivity index is 1.18. The first-order valence-corrected chi connectivity index (χ1v) is 12.1. The van der Waals surface area contributed by atoms with Crippen molar-refractivity contribution < 1.29 is 19.1 Å². The maximum Gasteiger partial charge on any atom is 0.261 e. The fraction of sp³-hybridized carbons (Fsp3) is 0.310. The molecule has 5 nitrogen and oxygen atoms in total. The Bertz CT molecular complexity index is 1110. The fourth-order valence-electron chi connectivity index (χ4n) is 4.28. The van der Waals surface area contributed by atoms with Crippen molar-refractivity contribution in [2.24, 2.45) is 0 Å². The number of benzene rings is 3. The minimum Gasteiger partial charge on any atom is -0.494 e. The second-order valence-electron chi connectivity index (χ2n) is 8.38. The summed E-state index contributed by atoms with van der Waals surface area (Å²) in [5, 5.41) is 0. The predicted molar refractivity (Wildman–Crippen MR) is 133 cm³/mol. The third-order valence-corrected chi connectivity index (χ3v) is 6.00. The van der Waals surface area contributed by atoms with Gasteiger partial charge in [0, 0.05) is 12.1 Å². The van der Waals surface area contributed by atoms with E-state index < -0.39 is 0 Å². The number of ether oxygens (including phenoxy) is 2. The molecule has 0 unspecified atom stereocenters. The minimum atomic E-state index is -0.167. The Morgan fingerprint density at radius 1 is 0.676 bits per heavy atom. The maximum atomic E-state index is 12.4. The van der Waals surface area contributed by atoms with Gasteiger partial charge >= 0.3 is 0 Å². The van der Waals surface area contributed by atoms with E-state index in [2.05, 4.69) is 12.1 Å². The van der Waals surface area contributed by atoms with E-state index in [4.69, 9.17) is 9.47 Å². The summed E-state index contributed by atoms with van der Waals surface area (Å²) in [4.78, 5) is 26.2. The van der Waals surface area contributed by atoms with Gasteiger partial charge in [-0.1, -0.05) is 61.7 Å². The van der Waals surface area contributed by atoms with Crippen LogP contribution >= 0.6 is 0 Å². The Morgan fingerprint density at radius 3 is 2.06 bits per heavy atom. The maximum absolute atomic E-state index is 12.4. The van der Waals surface area contributed by atoms with Gasteiger partial charge in [0.15, 0.2) is 0 Å². The summed E-state index contributed by atoms with van der Waals surface area (Å²) < 4.78 is 11.7. The highest BCUT2D eigenvalue weighted by atomic mass is 16.5. The van der Waals surface area contributed by atoms with E-state index in [0.29, 0.717) is 30.9 Å². The van der Waals surface area contributed by atoms with E-state index in [9.17, 15) is 9.59 Å². The molecule has 1 heterocycles. The van der Waals surface area contributed by atoms with Crippen molar-refractivity contribution in [1.29, 1.82) is 0 Å². The lowest BCUT2D eigenvalue weighted by atomic mass is 10.0. The second kappa shape index (κ2) is 11.5. The third kappa shape index (κ3) is 5.48. The SMILES string of the molecule is CCOc1cccc(-c2ccccc2OCCCCCCCN2C(=O)c3ccccc3C2=O)c1. The van der Waals surface area contributed by atoms with Crippen molar-refractivity contribution >= 4 is 11.8 Å². The molecule has 0 bridgehead atoms. The first-order chi connectivity index (χ1) is 16.7. The van der Waals surface area contributed by atoms with Crippen LogP contribution in [0.4, 0.5) is 0 Å². The lowest BCUT2D eigenvalue weighted by Crippen LogP contribution is -2.30. The van der Waals surface area contributed by atoms with Crippen molar-refractivity contribution in [3.8, 4) is 22.6 Å². The number of hydrogen-bond donors (Lipinski definition) is 0. The van der Waals surface area contributed by atoms with Gasteiger partial charge in [0.2, 0.25) is 0 Å². The quantitative estimate of drug-likeness (QED) is 0.234. The van der Waals surface area contributed by atoms with Crippen molar-refractivity contribution in [2.75, 3.05) is 19.8 Å². The van der Waals surface area contributed by atoms with Crippen LogP contribution in [0.1, 0.15) is 59.7 Å². The monoisotopic (exact) mass is 457 g/mol. The molecule has 176 valence electrons. The largest absolute Gasteiger partial charge is 0.494 e. The zero-order valence-corrected chi connectivity index (χ0v) is 19.7. The standard InChI is InChI=1S/C29H31NO4/c1-2-33-23-14-12-13-22(21-23)24-15-8-9-18-27(24)34-20-11-5-3-4-10-19-30-28(31)25-16-6-7-17-26(25)29(30)32/h6-9,12-18,21H,2-5,10-11,19-20H2,1H3. The summed E-state index contributed by atoms with van der Waals surface area (Å²) in [6.07, 6.45) is 4.86. The average Bonchev–Trinajstić information content (AvgIpc) is 3.11. The average molecular weight is 458 g/mol. The summed E-state index contributed by atoms with van der Waals surface area (Å²) >= 11 is 0. The van der Waals surface area contributed by atoms with Crippen LogP contribution in [0, 0.1) is 0 Å². The first kappa shape index (κ1) is 23.6. The van der Waals surface area contributed by atoms with Crippen LogP contribution in [-0.4, -0.2) is 36.5 Å². The lowest BCUT2D eigenvalue weighted by molar-refractivity contribution is 0.0651. The number of nitrogens with zero attached hydrogens (tertiary/aromatic N) is 1. The number of para-hydroxylation sites is 1. The minimum absolute atomic E-state index is 0.167. The molecule has 0 atom stereocenters. The molecule has 3 aromatic carbocycles. The number of hydrogen-bond acceptors (Lipinski definition) is 4. The van der Waals surface area contributed by atoms with Gasteiger partial charge in [0.25, 0.3) is 11.8 Å². The van der Waals surface area contributed by atoms with Crippen molar-refractivity contribution in [3.05, 3.63) is 83.9 Å². The normalized spacial score (nSPS) is 12.7. The second-order valence-corrected chi connectivity index (χ2v) is 8.38. The Morgan fingerprint density at radius 2 is 1.32 bits per heavy atom. The summed E-state index contributed by atoms with van der Waals surface area (Å²) in [5.41, 5.74) is 3.18. The number of carbonyl (C=O) groups excluding carboxylic acids is 2. The highest BCUT2D eigenvalue weighted by Gasteiger charge is 2.34. The molecular weight excluding hydrogens is 426 g/mol. The van der Waals surface area contributed by atoms with Gasteiger partial charge in [-0.2, -0.15) is 0 Å². The van der Waals surface area contributed by atoms with Crippen LogP contribution in [0.15, 0.2) is 72.8 Å². The molecule has 2 amide bonds. The number of imide groups is 1. The highest BCUT2D eigenvalue weighted by Crippen LogP contribution is 2.32. The number of rotatable bonds is 12. The van der Waals surface area contributed by atoms with Gasteiger partial charge in [-0.3, -0.25) is 14.5 Å². The summed E-state index contributed by atoms with van der Waals surface area (Å²) in [6, 6.07) is 23.2. The van der Waals surface area contributed by atoms with Gasteiger partial charge in [0.1, 0.15) is 11.5 Å².